The molecule has 2 heterocycles. The third kappa shape index (κ3) is 38.9. The van der Waals surface area contributed by atoms with E-state index in [1.165, 1.54) is 24.3 Å². The summed E-state index contributed by atoms with van der Waals surface area (Å²) in [6.45, 7) is 6.80. The first-order valence-corrected chi connectivity index (χ1v) is 27.8. The molecule has 2 rings (SSSR count). The number of carbonyl (C=O) groups is 10. The van der Waals surface area contributed by atoms with Gasteiger partial charge in [0.2, 0.25) is 29.5 Å². The molecule has 0 aromatic heterocycles. The van der Waals surface area contributed by atoms with E-state index in [2.05, 4.69) is 44.9 Å². The quantitative estimate of drug-likeness (QED) is 0.0343. The summed E-state index contributed by atoms with van der Waals surface area (Å²) in [6.07, 6.45) is 9.43. The first-order valence-electron chi connectivity index (χ1n) is 21.3. The predicted molar refractivity (Wildman–Crippen MR) is 280 cm³/mol. The van der Waals surface area contributed by atoms with Gasteiger partial charge in [0.15, 0.2) is 5.52 Å². The third-order valence-electron chi connectivity index (χ3n) is 9.08. The molecule has 0 aromatic rings. The summed E-state index contributed by atoms with van der Waals surface area (Å²) in [6, 6.07) is 0. The van der Waals surface area contributed by atoms with Gasteiger partial charge < -0.3 is 45.9 Å². The summed E-state index contributed by atoms with van der Waals surface area (Å²) in [4.78, 5) is 116. The normalized spacial score (nSPS) is 13.2. The highest BCUT2D eigenvalue weighted by Crippen LogP contribution is 2.14. The van der Waals surface area contributed by atoms with Crippen LogP contribution in [0.1, 0.15) is 87.5 Å². The average molecular weight is 1100 g/mol. The summed E-state index contributed by atoms with van der Waals surface area (Å²) in [5.74, 6) is -3.15. The van der Waals surface area contributed by atoms with E-state index in [1.54, 1.807) is 6.92 Å². The predicted octanol–water partition coefficient (Wildman–Crippen LogP) is 2.79. The first-order chi connectivity index (χ1) is 32.1. The fourth-order valence-electron chi connectivity index (χ4n) is 5.27. The molecule has 2 atom stereocenters. The average Bonchev–Trinajstić information content (AvgIpc) is 3.81. The number of unbranched alkanes of at least 4 members (excludes halogenated alkanes) is 2. The van der Waals surface area contributed by atoms with Crippen molar-refractivity contribution in [3.63, 3.8) is 0 Å². The van der Waals surface area contributed by atoms with Gasteiger partial charge in [0.25, 0.3) is 23.6 Å². The monoisotopic (exact) mass is 1100 g/mol. The number of nitrogens with two attached hydrogens (primary N) is 1. The maximum absolute atomic E-state index is 11.7. The zero-order chi connectivity index (χ0) is 50.2. The molecule has 2 aliphatic heterocycles. The Kier molecular flexibility index (Phi) is 49.3. The van der Waals surface area contributed by atoms with Crippen molar-refractivity contribution in [3.8, 4) is 0 Å². The van der Waals surface area contributed by atoms with E-state index in [0.717, 1.165) is 56.0 Å². The number of ether oxygens (including phenoxy) is 4. The van der Waals surface area contributed by atoms with Crippen LogP contribution < -0.4 is 27.0 Å². The lowest BCUT2D eigenvalue weighted by Gasteiger charge is -2.13. The van der Waals surface area contributed by atoms with Crippen molar-refractivity contribution < 1.29 is 66.9 Å². The van der Waals surface area contributed by atoms with Gasteiger partial charge in [-0.05, 0) is 61.1 Å². The van der Waals surface area contributed by atoms with Crippen LogP contribution in [-0.2, 0) is 102 Å². The second kappa shape index (κ2) is 47.5. The van der Waals surface area contributed by atoms with Gasteiger partial charge in [-0.2, -0.15) is 0 Å². The van der Waals surface area contributed by atoms with E-state index in [4.69, 9.17) is 36.5 Å². The summed E-state index contributed by atoms with van der Waals surface area (Å²) in [5.41, 5.74) is 5.25. The summed E-state index contributed by atoms with van der Waals surface area (Å²) in [7, 11) is 2.11. The van der Waals surface area contributed by atoms with Crippen LogP contribution in [-0.4, -0.2) is 161 Å². The minimum absolute atomic E-state index is 0. The Morgan fingerprint density at radius 2 is 0.871 bits per heavy atom. The number of primary amides is 1. The second-order valence-corrected chi connectivity index (χ2v) is 19.8. The van der Waals surface area contributed by atoms with E-state index in [0.29, 0.717) is 26.9 Å². The number of rotatable bonds is 36. The zero-order valence-electron chi connectivity index (χ0n) is 37.8. The first kappa shape index (κ1) is 72.7. The highest BCUT2D eigenvalue weighted by atomic mass is 32.7. The van der Waals surface area contributed by atoms with Crippen LogP contribution in [0.5, 0.6) is 0 Å². The van der Waals surface area contributed by atoms with E-state index in [-0.39, 0.29) is 161 Å². The van der Waals surface area contributed by atoms with Crippen LogP contribution >= 0.6 is 21.4 Å². The molecule has 0 spiro atoms. The number of amides is 9. The molecule has 0 saturated heterocycles. The van der Waals surface area contributed by atoms with E-state index in [1.807, 2.05) is 6.92 Å². The molecule has 2 unspecified atom stereocenters. The maximum atomic E-state index is 11.7. The van der Waals surface area contributed by atoms with Crippen molar-refractivity contribution in [3.05, 3.63) is 24.3 Å². The van der Waals surface area contributed by atoms with Gasteiger partial charge in [-0.25, -0.2) is 0 Å². The molecule has 21 nitrogen and oxygen atoms in total. The molecular weight excluding hydrogens is 1030 g/mol. The van der Waals surface area contributed by atoms with Crippen molar-refractivity contribution >= 4 is 116 Å². The molecule has 0 saturated carbocycles. The van der Waals surface area contributed by atoms with Crippen molar-refractivity contribution in [1.29, 1.82) is 0 Å². The Hall–Kier alpha value is -3.82. The lowest BCUT2D eigenvalue weighted by atomic mass is 10.0. The molecule has 0 radical (unpaired) electrons. The molecule has 6 N–H and O–H groups in total. The van der Waals surface area contributed by atoms with E-state index < -0.39 is 23.6 Å². The van der Waals surface area contributed by atoms with E-state index >= 15 is 0 Å². The van der Waals surface area contributed by atoms with Gasteiger partial charge >= 0.3 is 0 Å². The Bertz CT molecular complexity index is 1690. The summed E-state index contributed by atoms with van der Waals surface area (Å²) < 4.78 is 21.0. The molecule has 2 aliphatic rings. The van der Waals surface area contributed by atoms with Crippen molar-refractivity contribution in [1.82, 2.24) is 31.1 Å². The topological polar surface area (TPSA) is 288 Å². The second-order valence-electron chi connectivity index (χ2n) is 14.3. The fourth-order valence-corrected chi connectivity index (χ4v) is 6.11. The van der Waals surface area contributed by atoms with Crippen LogP contribution in [0.25, 0.3) is 0 Å². The molecule has 9 amide bonds. The number of nitrogens with one attached hydrogen (secondary N) is 4. The number of carbonyl (C=O) groups excluding carboxylic acids is 10. The smallest absolute Gasteiger partial charge is 0.253 e. The molecule has 0 aliphatic carbocycles. The zero-order valence-corrected chi connectivity index (χ0v) is 42.9. The standard InChI is InChI=1S/C20H32N4O7.C20H30N3O7PS.3CH4.P2S2/c1-15(20(21)29)4-2-3-8-22-17(26)14-31-13-12-30-11-9-23-16(25)7-10-24-18(27)5-6-19(24)28;1-15(20(28)31-32)4-2-3-8-21-17(25)14-30-13-12-29-11-9-22-16(24)7-10-23-18(26)5-6-19(23)27;;;;3-1-2-4/h5-6,15H,2-4,7-14H2,1H3,(H2,21,29)(H,22,26)(H,23,25);5-6,15H,2-4,7-14H2,1H3,(H,21,25)(H,22,24);3*1H4;. The molecule has 70 heavy (non-hydrogen) atoms. The highest BCUT2D eigenvalue weighted by Gasteiger charge is 2.24. The summed E-state index contributed by atoms with van der Waals surface area (Å²) >= 11 is 13.5. The van der Waals surface area contributed by atoms with Crippen molar-refractivity contribution in [2.24, 2.45) is 17.6 Å². The van der Waals surface area contributed by atoms with Gasteiger partial charge in [0, 0.05) is 102 Å². The van der Waals surface area contributed by atoms with Crippen LogP contribution in [0.3, 0.4) is 0 Å². The molecule has 398 valence electrons. The minimum atomic E-state index is -0.412. The third-order valence-corrected chi connectivity index (χ3v) is 12.9. The van der Waals surface area contributed by atoms with Crippen molar-refractivity contribution in [2.75, 3.05) is 92.1 Å². The molecule has 27 heteroatoms. The minimum Gasteiger partial charge on any atom is -0.377 e. The van der Waals surface area contributed by atoms with Gasteiger partial charge in [-0.3, -0.25) is 57.7 Å². The number of nitrogens with zero attached hydrogens (tertiary/aromatic N) is 2. The van der Waals surface area contributed by atoms with Gasteiger partial charge in [-0.1, -0.05) is 49.0 Å². The molecule has 0 fully saturated rings. The Morgan fingerprint density at radius 3 is 1.21 bits per heavy atom. The number of hydrogen-bond acceptors (Lipinski definition) is 17. The lowest BCUT2D eigenvalue weighted by Crippen LogP contribution is -2.35. The Morgan fingerprint density at radius 1 is 0.529 bits per heavy atom. The lowest BCUT2D eigenvalue weighted by molar-refractivity contribution is -0.139. The largest absolute Gasteiger partial charge is 0.377 e. The van der Waals surface area contributed by atoms with Crippen LogP contribution in [0.15, 0.2) is 24.3 Å². The van der Waals surface area contributed by atoms with E-state index in [9.17, 15) is 47.9 Å². The highest BCUT2D eigenvalue weighted by molar-refractivity contribution is 8.40. The van der Waals surface area contributed by atoms with Gasteiger partial charge in [0.1, 0.15) is 13.2 Å². The molecular formula is C43H74N7O14P3S3. The van der Waals surface area contributed by atoms with Crippen LogP contribution in [0.4, 0.5) is 0 Å². The fraction of sp³-hybridized carbons (Fsp3) is 0.674. The Balaban J connectivity index is -0.000000555. The van der Waals surface area contributed by atoms with Crippen LogP contribution in [0.2, 0.25) is 0 Å². The SMILES string of the molecule is C.C.C.CC(CCCCNC(=O)COCCOCCNC(=O)CCN1C(=O)C=CC1=O)C(=O)P=S.CC(CCCCNC(=O)COCCOCCNC(=O)CCN1C(=O)C=CC1=O)C(N)=O.S=PP=S. The Labute approximate surface area is 433 Å². The number of hydrogen-bond donors (Lipinski definition) is 5. The van der Waals surface area contributed by atoms with Gasteiger partial charge in [0.05, 0.1) is 47.0 Å². The van der Waals surface area contributed by atoms with Crippen LogP contribution in [0, 0.1) is 11.8 Å². The summed E-state index contributed by atoms with van der Waals surface area (Å²) in [5, 5.41) is 10.7. The molecule has 0 aromatic carbocycles. The number of imide groups is 2. The maximum Gasteiger partial charge on any atom is 0.253 e. The van der Waals surface area contributed by atoms with Crippen molar-refractivity contribution in [2.45, 2.75) is 87.5 Å². The van der Waals surface area contributed by atoms with Gasteiger partial charge in [-0.15, -0.1) is 0 Å². The molecule has 0 bridgehead atoms.